The lowest BCUT2D eigenvalue weighted by atomic mass is 10.1. The van der Waals surface area contributed by atoms with Crippen molar-refractivity contribution in [3.05, 3.63) is 52.5 Å². The number of hydrogen-bond donors (Lipinski definition) is 1. The molecular weight excluding hydrogens is 280 g/mol. The lowest BCUT2D eigenvalue weighted by Gasteiger charge is -2.17. The topological polar surface area (TPSA) is 42.0 Å². The van der Waals surface area contributed by atoms with Crippen LogP contribution in [0.1, 0.15) is 49.1 Å². The van der Waals surface area contributed by atoms with Crippen LogP contribution in [0.2, 0.25) is 0 Å². The zero-order valence-corrected chi connectivity index (χ0v) is 13.2. The third kappa shape index (κ3) is 5.31. The molecule has 0 saturated carbocycles. The second-order valence-electron chi connectivity index (χ2n) is 5.16. The van der Waals surface area contributed by atoms with Crippen LogP contribution in [-0.4, -0.2) is 10.9 Å². The molecule has 2 aromatic heterocycles. The van der Waals surface area contributed by atoms with Gasteiger partial charge in [0.05, 0.1) is 6.04 Å². The molecule has 0 fully saturated rings. The van der Waals surface area contributed by atoms with Gasteiger partial charge in [0.25, 0.3) is 0 Å². The quantitative estimate of drug-likeness (QED) is 0.745. The molecule has 1 atom stereocenters. The van der Waals surface area contributed by atoms with E-state index in [9.17, 15) is 4.79 Å². The first-order chi connectivity index (χ1) is 10.3. The normalized spacial score (nSPS) is 12.0. The molecule has 0 aliphatic heterocycles. The van der Waals surface area contributed by atoms with Crippen LogP contribution in [0.4, 0.5) is 0 Å². The maximum Gasteiger partial charge on any atom is 0.220 e. The summed E-state index contributed by atoms with van der Waals surface area (Å²) in [4.78, 5) is 17.4. The van der Waals surface area contributed by atoms with E-state index in [0.29, 0.717) is 6.42 Å². The van der Waals surface area contributed by atoms with Gasteiger partial charge in [0.15, 0.2) is 0 Å². The summed E-state index contributed by atoms with van der Waals surface area (Å²) in [5.74, 6) is 0.144. The molecule has 4 heteroatoms. The first kappa shape index (κ1) is 15.7. The maximum atomic E-state index is 12.1. The van der Waals surface area contributed by atoms with Crippen molar-refractivity contribution in [1.29, 1.82) is 0 Å². The van der Waals surface area contributed by atoms with Gasteiger partial charge in [0.2, 0.25) is 5.91 Å². The van der Waals surface area contributed by atoms with E-state index in [1.807, 2.05) is 18.3 Å². The summed E-state index contributed by atoms with van der Waals surface area (Å²) in [6.45, 7) is 2.15. The fourth-order valence-electron chi connectivity index (χ4n) is 2.27. The van der Waals surface area contributed by atoms with Crippen molar-refractivity contribution in [2.75, 3.05) is 0 Å². The molecule has 2 rings (SSSR count). The van der Waals surface area contributed by atoms with Crippen LogP contribution in [0.3, 0.4) is 0 Å². The van der Waals surface area contributed by atoms with Gasteiger partial charge in [-0.3, -0.25) is 9.78 Å². The van der Waals surface area contributed by atoms with Crippen LogP contribution in [0.5, 0.6) is 0 Å². The number of thiophene rings is 1. The number of rotatable bonds is 8. The molecule has 112 valence electrons. The number of hydrogen-bond acceptors (Lipinski definition) is 3. The van der Waals surface area contributed by atoms with Gasteiger partial charge in [0.1, 0.15) is 0 Å². The number of nitrogens with zero attached hydrogens (tertiary/aromatic N) is 1. The summed E-state index contributed by atoms with van der Waals surface area (Å²) < 4.78 is 0. The minimum Gasteiger partial charge on any atom is -0.348 e. The van der Waals surface area contributed by atoms with E-state index >= 15 is 0 Å². The van der Waals surface area contributed by atoms with Crippen LogP contribution in [0, 0.1) is 0 Å². The zero-order chi connectivity index (χ0) is 14.9. The Bertz CT molecular complexity index is 525. The number of pyridine rings is 1. The molecule has 0 radical (unpaired) electrons. The molecular formula is C17H22N2OS. The SMILES string of the molecule is CCCCCC(=O)NC(Cc1cccnc1)c1cccs1. The minimum absolute atomic E-state index is 0.0447. The van der Waals surface area contributed by atoms with Gasteiger partial charge in [-0.15, -0.1) is 11.3 Å². The summed E-state index contributed by atoms with van der Waals surface area (Å²) in [7, 11) is 0. The number of unbranched alkanes of at least 4 members (excludes halogenated alkanes) is 2. The predicted molar refractivity (Wildman–Crippen MR) is 87.3 cm³/mol. The average molecular weight is 302 g/mol. The van der Waals surface area contributed by atoms with E-state index in [4.69, 9.17) is 0 Å². The van der Waals surface area contributed by atoms with E-state index in [1.165, 1.54) is 4.88 Å². The lowest BCUT2D eigenvalue weighted by Crippen LogP contribution is -2.29. The molecule has 21 heavy (non-hydrogen) atoms. The molecule has 1 N–H and O–H groups in total. The maximum absolute atomic E-state index is 12.1. The van der Waals surface area contributed by atoms with Crippen LogP contribution in [0.15, 0.2) is 42.0 Å². The van der Waals surface area contributed by atoms with Gasteiger partial charge in [-0.2, -0.15) is 0 Å². The van der Waals surface area contributed by atoms with Gasteiger partial charge >= 0.3 is 0 Å². The summed E-state index contributed by atoms with van der Waals surface area (Å²) >= 11 is 1.69. The smallest absolute Gasteiger partial charge is 0.220 e. The van der Waals surface area contributed by atoms with Crippen molar-refractivity contribution in [3.63, 3.8) is 0 Å². The highest BCUT2D eigenvalue weighted by atomic mass is 32.1. The molecule has 2 heterocycles. The summed E-state index contributed by atoms with van der Waals surface area (Å²) in [6, 6.07) is 8.14. The number of aromatic nitrogens is 1. The Hall–Kier alpha value is -1.68. The largest absolute Gasteiger partial charge is 0.348 e. The Morgan fingerprint density at radius 3 is 2.90 bits per heavy atom. The van der Waals surface area contributed by atoms with Crippen LogP contribution < -0.4 is 5.32 Å². The third-order valence-corrected chi connectivity index (χ3v) is 4.38. The second-order valence-corrected chi connectivity index (χ2v) is 6.14. The van der Waals surface area contributed by atoms with Crippen molar-refractivity contribution in [1.82, 2.24) is 10.3 Å². The van der Waals surface area contributed by atoms with Crippen LogP contribution in [-0.2, 0) is 11.2 Å². The van der Waals surface area contributed by atoms with Crippen LogP contribution in [0.25, 0.3) is 0 Å². The molecule has 2 aromatic rings. The van der Waals surface area contributed by atoms with Crippen molar-refractivity contribution < 1.29 is 4.79 Å². The lowest BCUT2D eigenvalue weighted by molar-refractivity contribution is -0.121. The van der Waals surface area contributed by atoms with E-state index in [-0.39, 0.29) is 11.9 Å². The number of carbonyl (C=O) groups is 1. The van der Waals surface area contributed by atoms with E-state index in [1.54, 1.807) is 17.5 Å². The highest BCUT2D eigenvalue weighted by molar-refractivity contribution is 7.10. The van der Waals surface area contributed by atoms with Gasteiger partial charge < -0.3 is 5.32 Å². The number of amides is 1. The Labute approximate surface area is 130 Å². The Kier molecular flexibility index (Phi) is 6.41. The van der Waals surface area contributed by atoms with Gasteiger partial charge in [-0.05, 0) is 35.9 Å². The van der Waals surface area contributed by atoms with Gasteiger partial charge in [0, 0.05) is 23.7 Å². The zero-order valence-electron chi connectivity index (χ0n) is 12.4. The van der Waals surface area contributed by atoms with Crippen molar-refractivity contribution in [3.8, 4) is 0 Å². The summed E-state index contributed by atoms with van der Waals surface area (Å²) in [6.07, 6.45) is 8.25. The molecule has 0 bridgehead atoms. The first-order valence-corrected chi connectivity index (χ1v) is 8.39. The van der Waals surface area contributed by atoms with Crippen molar-refractivity contribution in [2.24, 2.45) is 0 Å². The van der Waals surface area contributed by atoms with Gasteiger partial charge in [-0.25, -0.2) is 0 Å². The average Bonchev–Trinajstić information content (AvgIpc) is 3.02. The molecule has 3 nitrogen and oxygen atoms in total. The van der Waals surface area contributed by atoms with Crippen LogP contribution >= 0.6 is 11.3 Å². The Balaban J connectivity index is 1.98. The number of carbonyl (C=O) groups excluding carboxylic acids is 1. The summed E-state index contributed by atoms with van der Waals surface area (Å²) in [5, 5.41) is 5.22. The second kappa shape index (κ2) is 8.57. The fraction of sp³-hybridized carbons (Fsp3) is 0.412. The minimum atomic E-state index is 0.0447. The molecule has 0 spiro atoms. The molecule has 0 aliphatic rings. The fourth-order valence-corrected chi connectivity index (χ4v) is 3.05. The predicted octanol–water partition coefficient (Wildman–Crippen LogP) is 4.12. The standard InChI is InChI=1S/C17H22N2OS/c1-2-3-4-9-17(20)19-15(16-8-6-11-21-16)12-14-7-5-10-18-13-14/h5-8,10-11,13,15H,2-4,9,12H2,1H3,(H,19,20). The molecule has 0 aliphatic carbocycles. The molecule has 1 amide bonds. The molecule has 0 aromatic carbocycles. The molecule has 1 unspecified atom stereocenters. The summed E-state index contributed by atoms with van der Waals surface area (Å²) in [5.41, 5.74) is 1.14. The molecule has 0 saturated heterocycles. The first-order valence-electron chi connectivity index (χ1n) is 7.51. The Morgan fingerprint density at radius 1 is 1.33 bits per heavy atom. The highest BCUT2D eigenvalue weighted by Gasteiger charge is 2.16. The monoisotopic (exact) mass is 302 g/mol. The van der Waals surface area contributed by atoms with E-state index in [2.05, 4.69) is 34.7 Å². The van der Waals surface area contributed by atoms with Gasteiger partial charge in [-0.1, -0.05) is 31.9 Å². The van der Waals surface area contributed by atoms with E-state index < -0.39 is 0 Å². The number of nitrogens with one attached hydrogen (secondary N) is 1. The highest BCUT2D eigenvalue weighted by Crippen LogP contribution is 2.23. The Morgan fingerprint density at radius 2 is 2.24 bits per heavy atom. The third-order valence-electron chi connectivity index (χ3n) is 3.39. The van der Waals surface area contributed by atoms with Crippen molar-refractivity contribution in [2.45, 2.75) is 45.1 Å². The van der Waals surface area contributed by atoms with E-state index in [0.717, 1.165) is 31.2 Å². The van der Waals surface area contributed by atoms with Crippen molar-refractivity contribution >= 4 is 17.2 Å².